The molecule has 0 aromatic heterocycles. The molecule has 4 saturated carbocycles. The van der Waals surface area contributed by atoms with Crippen molar-refractivity contribution in [2.24, 2.45) is 46.3 Å². The Kier molecular flexibility index (Phi) is 4.10. The molecule has 2 nitrogen and oxygen atoms in total. The SMILES string of the molecule is [2H]C1([2H])C[C@]2(C)[C@H]3CC[C@]4(C)[C@@H]([C@H](C)CCC(C)=O)CC[C@H]4[C@@H]3CC[C@H]2C([2H])([2H])[C@H]1O. The molecule has 1 N–H and O–H groups in total. The van der Waals surface area contributed by atoms with E-state index in [0.29, 0.717) is 36.0 Å². The zero-order valence-electron chi connectivity index (χ0n) is 21.8. The summed E-state index contributed by atoms with van der Waals surface area (Å²) in [7, 11) is 0. The largest absolute Gasteiger partial charge is 0.393 e. The van der Waals surface area contributed by atoms with Crippen molar-refractivity contribution in [3.05, 3.63) is 0 Å². The molecule has 4 rings (SSSR count). The van der Waals surface area contributed by atoms with Gasteiger partial charge in [0.05, 0.1) is 6.10 Å². The van der Waals surface area contributed by atoms with Gasteiger partial charge in [-0.15, -0.1) is 0 Å². The van der Waals surface area contributed by atoms with E-state index >= 15 is 0 Å². The van der Waals surface area contributed by atoms with Gasteiger partial charge in [0.15, 0.2) is 0 Å². The van der Waals surface area contributed by atoms with Crippen LogP contribution in [-0.2, 0) is 4.79 Å². The predicted molar refractivity (Wildman–Crippen MR) is 110 cm³/mol. The summed E-state index contributed by atoms with van der Waals surface area (Å²) in [6.07, 6.45) is 3.02. The number of fused-ring (bicyclic) bond motifs is 5. The summed E-state index contributed by atoms with van der Waals surface area (Å²) in [6, 6.07) is 0. The quantitative estimate of drug-likeness (QED) is 0.650. The second-order valence-corrected chi connectivity index (χ2v) is 10.9. The van der Waals surface area contributed by atoms with E-state index in [1.165, 1.54) is 12.8 Å². The van der Waals surface area contributed by atoms with E-state index < -0.39 is 24.3 Å². The third-order valence-corrected chi connectivity index (χ3v) is 9.62. The maximum Gasteiger partial charge on any atom is 0.129 e. The van der Waals surface area contributed by atoms with Gasteiger partial charge in [0.1, 0.15) is 5.78 Å². The van der Waals surface area contributed by atoms with Gasteiger partial charge >= 0.3 is 0 Å². The summed E-state index contributed by atoms with van der Waals surface area (Å²) in [5.74, 6) is 2.71. The van der Waals surface area contributed by atoms with Gasteiger partial charge in [0.25, 0.3) is 0 Å². The van der Waals surface area contributed by atoms with E-state index in [9.17, 15) is 9.90 Å². The summed E-state index contributed by atoms with van der Waals surface area (Å²) in [5, 5.41) is 10.5. The Bertz CT molecular complexity index is 724. The van der Waals surface area contributed by atoms with Crippen LogP contribution in [0.3, 0.4) is 0 Å². The number of rotatable bonds is 4. The Balaban J connectivity index is 1.59. The van der Waals surface area contributed by atoms with Crippen molar-refractivity contribution in [1.29, 1.82) is 0 Å². The average Bonchev–Trinajstić information content (AvgIpc) is 3.01. The van der Waals surface area contributed by atoms with Gasteiger partial charge in [-0.05, 0) is 117 Å². The molecule has 0 spiro atoms. The Morgan fingerprint density at radius 3 is 2.59 bits per heavy atom. The van der Waals surface area contributed by atoms with Gasteiger partial charge in [0.2, 0.25) is 0 Å². The first-order chi connectivity index (χ1) is 14.2. The van der Waals surface area contributed by atoms with Gasteiger partial charge in [-0.2, -0.15) is 0 Å². The topological polar surface area (TPSA) is 37.3 Å². The number of carbonyl (C=O) groups is 1. The number of ketones is 1. The monoisotopic (exact) mass is 378 g/mol. The summed E-state index contributed by atoms with van der Waals surface area (Å²) >= 11 is 0. The molecular formula is C25H42O2. The molecule has 27 heavy (non-hydrogen) atoms. The number of aliphatic hydroxyl groups excluding tert-OH is 1. The number of Topliss-reactive ketones (excluding diaryl/α,β-unsaturated/α-hetero) is 1. The van der Waals surface area contributed by atoms with Crippen LogP contribution in [0.4, 0.5) is 0 Å². The molecule has 0 amide bonds. The van der Waals surface area contributed by atoms with Crippen LogP contribution in [0.15, 0.2) is 0 Å². The molecule has 0 saturated heterocycles. The van der Waals surface area contributed by atoms with Gasteiger partial charge in [-0.25, -0.2) is 0 Å². The van der Waals surface area contributed by atoms with E-state index in [1.54, 1.807) is 6.92 Å². The van der Waals surface area contributed by atoms with Crippen LogP contribution >= 0.6 is 0 Å². The first kappa shape index (κ1) is 15.5. The van der Waals surface area contributed by atoms with Crippen molar-refractivity contribution >= 4 is 5.78 Å². The molecule has 0 aromatic carbocycles. The normalized spacial score (nSPS) is 56.3. The lowest BCUT2D eigenvalue weighted by atomic mass is 9.44. The molecule has 4 aliphatic carbocycles. The zero-order valence-corrected chi connectivity index (χ0v) is 17.8. The molecule has 0 unspecified atom stereocenters. The second kappa shape index (κ2) is 7.15. The summed E-state index contributed by atoms with van der Waals surface area (Å²) in [4.78, 5) is 11.5. The number of aliphatic hydroxyl groups is 1. The lowest BCUT2D eigenvalue weighted by Gasteiger charge is -2.61. The fraction of sp³-hybridized carbons (Fsp3) is 0.960. The van der Waals surface area contributed by atoms with Crippen molar-refractivity contribution in [1.82, 2.24) is 0 Å². The van der Waals surface area contributed by atoms with E-state index in [2.05, 4.69) is 20.8 Å². The second-order valence-electron chi connectivity index (χ2n) is 10.9. The Labute approximate surface area is 172 Å². The van der Waals surface area contributed by atoms with Crippen LogP contribution in [-0.4, -0.2) is 17.0 Å². The first-order valence-electron chi connectivity index (χ1n) is 13.4. The third-order valence-electron chi connectivity index (χ3n) is 9.62. The minimum atomic E-state index is -1.88. The number of hydrogen-bond acceptors (Lipinski definition) is 2. The lowest BCUT2D eigenvalue weighted by molar-refractivity contribution is -0.129. The first-order valence-corrected chi connectivity index (χ1v) is 11.4. The van der Waals surface area contributed by atoms with Crippen molar-refractivity contribution in [3.63, 3.8) is 0 Å². The van der Waals surface area contributed by atoms with Gasteiger partial charge < -0.3 is 9.90 Å². The fourth-order valence-corrected chi connectivity index (χ4v) is 8.16. The zero-order chi connectivity index (χ0) is 23.0. The number of carbonyl (C=O) groups excluding carboxylic acids is 1. The van der Waals surface area contributed by atoms with Crippen LogP contribution < -0.4 is 0 Å². The Morgan fingerprint density at radius 2 is 1.85 bits per heavy atom. The summed E-state index contributed by atoms with van der Waals surface area (Å²) in [6.45, 7) is 8.64. The molecule has 2 heteroatoms. The minimum Gasteiger partial charge on any atom is -0.393 e. The van der Waals surface area contributed by atoms with Crippen LogP contribution in [0, 0.1) is 46.3 Å². The molecule has 0 bridgehead atoms. The summed E-state index contributed by atoms with van der Waals surface area (Å²) < 4.78 is 34.2. The minimum absolute atomic E-state index is 0.267. The maximum absolute atomic E-state index is 11.5. The van der Waals surface area contributed by atoms with Crippen LogP contribution in [0.2, 0.25) is 0 Å². The highest BCUT2D eigenvalue weighted by Gasteiger charge is 2.60. The molecule has 0 radical (unpaired) electrons. The van der Waals surface area contributed by atoms with Crippen molar-refractivity contribution in [3.8, 4) is 0 Å². The molecule has 4 fully saturated rings. The number of hydrogen-bond donors (Lipinski definition) is 1. The van der Waals surface area contributed by atoms with Crippen LogP contribution in [0.25, 0.3) is 0 Å². The van der Waals surface area contributed by atoms with Crippen molar-refractivity contribution < 1.29 is 15.4 Å². The van der Waals surface area contributed by atoms with Gasteiger partial charge in [-0.3, -0.25) is 0 Å². The molecule has 0 aromatic rings. The van der Waals surface area contributed by atoms with Gasteiger partial charge in [0, 0.05) is 11.9 Å². The van der Waals surface area contributed by atoms with Crippen LogP contribution in [0.5, 0.6) is 0 Å². The van der Waals surface area contributed by atoms with Crippen LogP contribution in [0.1, 0.15) is 104 Å². The fourth-order valence-electron chi connectivity index (χ4n) is 8.16. The third kappa shape index (κ3) is 3.22. The van der Waals surface area contributed by atoms with Crippen molar-refractivity contribution in [2.75, 3.05) is 0 Å². The van der Waals surface area contributed by atoms with E-state index in [1.807, 2.05) is 0 Å². The van der Waals surface area contributed by atoms with E-state index in [0.717, 1.165) is 32.1 Å². The highest BCUT2D eigenvalue weighted by molar-refractivity contribution is 5.75. The van der Waals surface area contributed by atoms with Gasteiger partial charge in [-0.1, -0.05) is 20.8 Å². The summed E-state index contributed by atoms with van der Waals surface area (Å²) in [5.41, 5.74) is -0.110. The molecular weight excluding hydrogens is 332 g/mol. The Hall–Kier alpha value is -0.370. The van der Waals surface area contributed by atoms with Crippen molar-refractivity contribution in [2.45, 2.75) is 104 Å². The Morgan fingerprint density at radius 1 is 1.11 bits per heavy atom. The molecule has 0 heterocycles. The smallest absolute Gasteiger partial charge is 0.129 e. The molecule has 0 aliphatic heterocycles. The van der Waals surface area contributed by atoms with E-state index in [-0.39, 0.29) is 23.5 Å². The standard InChI is InChI=1S/C25H42O2/c1-16(5-6-17(2)26)21-9-10-22-20-8-7-18-15-19(27)11-13-24(18,3)23(20)12-14-25(21,22)4/h16,18-23,27H,5-15H2,1-4H3/t16-,18+,19+,20+,21-,22+,23+,24+,25-/m1/s1/i11D2,15D2. The van der Waals surface area contributed by atoms with E-state index in [4.69, 9.17) is 5.48 Å². The maximum atomic E-state index is 11.5. The average molecular weight is 379 g/mol. The lowest BCUT2D eigenvalue weighted by Crippen LogP contribution is -2.54. The molecule has 154 valence electrons. The molecule has 4 aliphatic rings. The predicted octanol–water partition coefficient (Wildman–Crippen LogP) is 6.01. The highest BCUT2D eigenvalue weighted by Crippen LogP contribution is 2.68. The highest BCUT2D eigenvalue weighted by atomic mass is 16.3. The molecule has 9 atom stereocenters.